The number of hydrogen-bond donors (Lipinski definition) is 1. The molecule has 1 saturated heterocycles. The summed E-state index contributed by atoms with van der Waals surface area (Å²) in [5.74, 6) is 2.06. The zero-order valence-electron chi connectivity index (χ0n) is 15.3. The second-order valence-electron chi connectivity index (χ2n) is 8.16. The molecule has 1 aliphatic carbocycles. The zero-order chi connectivity index (χ0) is 18.4. The molecule has 2 aliphatic heterocycles. The highest BCUT2D eigenvalue weighted by Crippen LogP contribution is 2.33. The molecule has 5 rings (SSSR count). The molecule has 1 aromatic heterocycles. The van der Waals surface area contributed by atoms with Gasteiger partial charge in [0.05, 0.1) is 0 Å². The van der Waals surface area contributed by atoms with Crippen LogP contribution in [0.2, 0.25) is 0 Å². The quantitative estimate of drug-likeness (QED) is 0.896. The lowest BCUT2D eigenvalue weighted by molar-refractivity contribution is 0.0898. The first-order valence-corrected chi connectivity index (χ1v) is 9.86. The number of nitrogens with one attached hydrogen (secondary N) is 1. The number of benzene rings is 1. The molecule has 0 unspecified atom stereocenters. The van der Waals surface area contributed by atoms with Gasteiger partial charge in [0.15, 0.2) is 0 Å². The molecule has 2 atom stereocenters. The van der Waals surface area contributed by atoms with Gasteiger partial charge in [-0.25, -0.2) is 4.39 Å². The standard InChI is InChI=1S/C20H24FN5O/c21-17-7-2-1-4-13(17)9-25-10-14-8-18-23-24-19(26(18)12-15(14)11-25)20(27)22-16-5-3-6-16/h1-2,4,7,14-16H,3,5-6,8-12H2,(H,22,27)/t14-,15+/m1/s1. The minimum absolute atomic E-state index is 0.0990. The summed E-state index contributed by atoms with van der Waals surface area (Å²) in [6, 6.07) is 7.28. The van der Waals surface area contributed by atoms with Crippen LogP contribution in [-0.2, 0) is 19.5 Å². The number of halogens is 1. The molecule has 0 spiro atoms. The van der Waals surface area contributed by atoms with Gasteiger partial charge in [-0.2, -0.15) is 0 Å². The van der Waals surface area contributed by atoms with Crippen LogP contribution in [0.25, 0.3) is 0 Å². The summed E-state index contributed by atoms with van der Waals surface area (Å²) >= 11 is 0. The minimum atomic E-state index is -0.139. The number of carbonyl (C=O) groups is 1. The first kappa shape index (κ1) is 16.9. The van der Waals surface area contributed by atoms with Gasteiger partial charge in [-0.3, -0.25) is 9.69 Å². The van der Waals surface area contributed by atoms with Crippen molar-refractivity contribution in [2.45, 2.75) is 44.8 Å². The van der Waals surface area contributed by atoms with Crippen molar-refractivity contribution in [2.24, 2.45) is 11.8 Å². The van der Waals surface area contributed by atoms with Crippen molar-refractivity contribution in [1.29, 1.82) is 0 Å². The van der Waals surface area contributed by atoms with E-state index in [0.717, 1.165) is 50.3 Å². The fourth-order valence-corrected chi connectivity index (χ4v) is 4.59. The highest BCUT2D eigenvalue weighted by molar-refractivity contribution is 5.91. The third-order valence-corrected chi connectivity index (χ3v) is 6.34. The summed E-state index contributed by atoms with van der Waals surface area (Å²) in [7, 11) is 0. The SMILES string of the molecule is O=C(NC1CCC1)c1nnc2n1C[C@@H]1CN(Cc3ccccc3F)C[C@H]1C2. The van der Waals surface area contributed by atoms with Crippen LogP contribution in [0, 0.1) is 17.7 Å². The monoisotopic (exact) mass is 369 g/mol. The van der Waals surface area contributed by atoms with Crippen molar-refractivity contribution in [3.05, 3.63) is 47.3 Å². The third kappa shape index (κ3) is 3.14. The smallest absolute Gasteiger partial charge is 0.289 e. The second kappa shape index (κ2) is 6.71. The Hall–Kier alpha value is -2.28. The van der Waals surface area contributed by atoms with Crippen LogP contribution in [-0.4, -0.2) is 44.7 Å². The highest BCUT2D eigenvalue weighted by Gasteiger charge is 2.39. The van der Waals surface area contributed by atoms with Gasteiger partial charge in [-0.1, -0.05) is 18.2 Å². The predicted molar refractivity (Wildman–Crippen MR) is 97.5 cm³/mol. The van der Waals surface area contributed by atoms with Crippen molar-refractivity contribution in [1.82, 2.24) is 25.0 Å². The van der Waals surface area contributed by atoms with E-state index in [2.05, 4.69) is 20.4 Å². The molecule has 1 aromatic carbocycles. The number of nitrogens with zero attached hydrogens (tertiary/aromatic N) is 4. The fraction of sp³-hybridized carbons (Fsp3) is 0.550. The van der Waals surface area contributed by atoms with Gasteiger partial charge in [0.25, 0.3) is 5.91 Å². The van der Waals surface area contributed by atoms with E-state index in [-0.39, 0.29) is 11.7 Å². The van der Waals surface area contributed by atoms with Crippen LogP contribution < -0.4 is 5.32 Å². The number of likely N-dealkylation sites (tertiary alicyclic amines) is 1. The lowest BCUT2D eigenvalue weighted by Gasteiger charge is -2.28. The summed E-state index contributed by atoms with van der Waals surface area (Å²) in [6.45, 7) is 3.26. The van der Waals surface area contributed by atoms with Crippen LogP contribution in [0.3, 0.4) is 0 Å². The summed E-state index contributed by atoms with van der Waals surface area (Å²) < 4.78 is 16.0. The fourth-order valence-electron chi connectivity index (χ4n) is 4.59. The van der Waals surface area contributed by atoms with E-state index in [0.29, 0.717) is 30.2 Å². The Kier molecular flexibility index (Phi) is 4.19. The molecule has 3 heterocycles. The Morgan fingerprint density at radius 3 is 2.74 bits per heavy atom. The Morgan fingerprint density at radius 1 is 1.15 bits per heavy atom. The van der Waals surface area contributed by atoms with Crippen molar-refractivity contribution in [3.63, 3.8) is 0 Å². The minimum Gasteiger partial charge on any atom is -0.347 e. The number of hydrogen-bond acceptors (Lipinski definition) is 4. The van der Waals surface area contributed by atoms with Gasteiger partial charge in [-0.15, -0.1) is 10.2 Å². The van der Waals surface area contributed by atoms with E-state index in [1.54, 1.807) is 6.07 Å². The molecule has 2 aromatic rings. The molecule has 142 valence electrons. The first-order chi connectivity index (χ1) is 13.2. The average molecular weight is 369 g/mol. The van der Waals surface area contributed by atoms with Gasteiger partial charge in [0.1, 0.15) is 11.6 Å². The van der Waals surface area contributed by atoms with Gasteiger partial charge in [0, 0.05) is 44.2 Å². The highest BCUT2D eigenvalue weighted by atomic mass is 19.1. The predicted octanol–water partition coefficient (Wildman–Crippen LogP) is 2.00. The lowest BCUT2D eigenvalue weighted by Crippen LogP contribution is -2.41. The molecular weight excluding hydrogens is 345 g/mol. The Bertz CT molecular complexity index is 862. The van der Waals surface area contributed by atoms with E-state index in [4.69, 9.17) is 0 Å². The molecule has 0 radical (unpaired) electrons. The Balaban J connectivity index is 1.27. The van der Waals surface area contributed by atoms with Gasteiger partial charge >= 0.3 is 0 Å². The lowest BCUT2D eigenvalue weighted by atomic mass is 9.89. The third-order valence-electron chi connectivity index (χ3n) is 6.34. The topological polar surface area (TPSA) is 63.1 Å². The maximum absolute atomic E-state index is 14.0. The summed E-state index contributed by atoms with van der Waals surface area (Å²) in [5, 5.41) is 11.5. The summed E-state index contributed by atoms with van der Waals surface area (Å²) in [5.41, 5.74) is 0.746. The second-order valence-corrected chi connectivity index (χ2v) is 8.16. The average Bonchev–Trinajstić information content (AvgIpc) is 3.20. The van der Waals surface area contributed by atoms with E-state index in [9.17, 15) is 9.18 Å². The molecule has 27 heavy (non-hydrogen) atoms. The first-order valence-electron chi connectivity index (χ1n) is 9.86. The number of rotatable bonds is 4. The Morgan fingerprint density at radius 2 is 1.96 bits per heavy atom. The zero-order valence-corrected chi connectivity index (χ0v) is 15.3. The molecule has 1 amide bonds. The summed E-state index contributed by atoms with van der Waals surface area (Å²) in [4.78, 5) is 14.9. The van der Waals surface area contributed by atoms with Crippen LogP contribution >= 0.6 is 0 Å². The van der Waals surface area contributed by atoms with E-state index in [1.807, 2.05) is 16.7 Å². The summed E-state index contributed by atoms with van der Waals surface area (Å²) in [6.07, 6.45) is 4.14. The Labute approximate surface area is 157 Å². The van der Waals surface area contributed by atoms with E-state index < -0.39 is 0 Å². The van der Waals surface area contributed by atoms with Crippen LogP contribution in [0.15, 0.2) is 24.3 Å². The maximum atomic E-state index is 14.0. The molecule has 7 heteroatoms. The van der Waals surface area contributed by atoms with Crippen molar-refractivity contribution in [3.8, 4) is 0 Å². The van der Waals surface area contributed by atoms with Gasteiger partial charge < -0.3 is 9.88 Å². The number of aromatic nitrogens is 3. The molecular formula is C20H24FN5O. The van der Waals surface area contributed by atoms with Crippen molar-refractivity contribution < 1.29 is 9.18 Å². The maximum Gasteiger partial charge on any atom is 0.289 e. The van der Waals surface area contributed by atoms with Crippen LogP contribution in [0.4, 0.5) is 4.39 Å². The molecule has 6 nitrogen and oxygen atoms in total. The largest absolute Gasteiger partial charge is 0.347 e. The number of fused-ring (bicyclic) bond motifs is 2. The van der Waals surface area contributed by atoms with E-state index >= 15 is 0 Å². The number of amides is 1. The molecule has 2 fully saturated rings. The van der Waals surface area contributed by atoms with E-state index in [1.165, 1.54) is 12.5 Å². The molecule has 3 aliphatic rings. The van der Waals surface area contributed by atoms with Gasteiger partial charge in [0.2, 0.25) is 5.82 Å². The molecule has 0 bridgehead atoms. The van der Waals surface area contributed by atoms with Crippen LogP contribution in [0.5, 0.6) is 0 Å². The normalized spacial score (nSPS) is 24.9. The molecule has 1 N–H and O–H groups in total. The number of carbonyl (C=O) groups excluding carboxylic acids is 1. The van der Waals surface area contributed by atoms with Gasteiger partial charge in [-0.05, 0) is 37.2 Å². The molecule has 1 saturated carbocycles. The van der Waals surface area contributed by atoms with Crippen LogP contribution in [0.1, 0.15) is 41.3 Å². The van der Waals surface area contributed by atoms with Crippen molar-refractivity contribution >= 4 is 5.91 Å². The van der Waals surface area contributed by atoms with Crippen molar-refractivity contribution in [2.75, 3.05) is 13.1 Å².